The van der Waals surface area contributed by atoms with Crippen LogP contribution in [0.1, 0.15) is 4.88 Å². The summed E-state index contributed by atoms with van der Waals surface area (Å²) in [6.45, 7) is 1.04. The molecule has 2 aromatic rings. The van der Waals surface area contributed by atoms with Gasteiger partial charge in [-0.05, 0) is 30.6 Å². The number of anilines is 1. The smallest absolute Gasteiger partial charge is 0.238 e. The number of nitrogens with one attached hydrogen (secondary N) is 1. The third-order valence-corrected chi connectivity index (χ3v) is 4.91. The Morgan fingerprint density at radius 1 is 1.26 bits per heavy atom. The molecule has 0 bridgehead atoms. The molecule has 0 saturated carbocycles. The number of primary amides is 1. The Bertz CT molecular complexity index is 659. The third-order valence-electron chi connectivity index (χ3n) is 2.95. The van der Waals surface area contributed by atoms with Crippen LogP contribution in [0.2, 0.25) is 0 Å². The zero-order valence-electron chi connectivity index (χ0n) is 12.8. The molecule has 122 valence electrons. The molecule has 0 fully saturated rings. The number of thioether (sulfide) groups is 1. The number of hydrogen-bond donors (Lipinski definition) is 2. The molecule has 0 spiro atoms. The number of carbonyl (C=O) groups is 2. The van der Waals surface area contributed by atoms with E-state index in [1.54, 1.807) is 11.3 Å². The van der Waals surface area contributed by atoms with Gasteiger partial charge in [0.25, 0.3) is 0 Å². The molecule has 2 rings (SSSR count). The van der Waals surface area contributed by atoms with Crippen LogP contribution in [0.3, 0.4) is 0 Å². The van der Waals surface area contributed by atoms with Crippen LogP contribution in [-0.4, -0.2) is 36.1 Å². The van der Waals surface area contributed by atoms with Crippen molar-refractivity contribution in [1.29, 1.82) is 0 Å². The number of para-hydroxylation sites is 1. The second-order valence-electron chi connectivity index (χ2n) is 5.05. The van der Waals surface area contributed by atoms with E-state index >= 15 is 0 Å². The minimum absolute atomic E-state index is 0.0869. The molecule has 0 atom stereocenters. The molecule has 7 heteroatoms. The van der Waals surface area contributed by atoms with Crippen molar-refractivity contribution in [3.8, 4) is 0 Å². The van der Waals surface area contributed by atoms with Crippen LogP contribution in [0.4, 0.5) is 5.69 Å². The second kappa shape index (κ2) is 8.71. The number of nitrogens with two attached hydrogens (primary N) is 1. The average Bonchev–Trinajstić information content (AvgIpc) is 2.98. The Hall–Kier alpha value is -1.83. The molecular formula is C16H19N3O2S2. The van der Waals surface area contributed by atoms with E-state index in [1.165, 1.54) is 16.6 Å². The topological polar surface area (TPSA) is 75.4 Å². The van der Waals surface area contributed by atoms with E-state index in [9.17, 15) is 9.59 Å². The summed E-state index contributed by atoms with van der Waals surface area (Å²) < 4.78 is 0. The van der Waals surface area contributed by atoms with Gasteiger partial charge in [0.15, 0.2) is 0 Å². The minimum Gasteiger partial charge on any atom is -0.369 e. The summed E-state index contributed by atoms with van der Waals surface area (Å²) in [5.74, 6) is -0.284. The van der Waals surface area contributed by atoms with E-state index in [-0.39, 0.29) is 17.6 Å². The summed E-state index contributed by atoms with van der Waals surface area (Å²) in [4.78, 5) is 27.1. The number of hydrogen-bond acceptors (Lipinski definition) is 5. The average molecular weight is 349 g/mol. The highest BCUT2D eigenvalue weighted by molar-refractivity contribution is 8.00. The summed E-state index contributed by atoms with van der Waals surface area (Å²) in [6.07, 6.45) is 0. The molecule has 1 aromatic heterocycles. The van der Waals surface area contributed by atoms with Crippen LogP contribution in [0.5, 0.6) is 0 Å². The summed E-state index contributed by atoms with van der Waals surface area (Å²) in [6, 6.07) is 11.4. The van der Waals surface area contributed by atoms with Gasteiger partial charge in [0.1, 0.15) is 0 Å². The molecule has 1 heterocycles. The van der Waals surface area contributed by atoms with Crippen molar-refractivity contribution in [2.24, 2.45) is 5.73 Å². The number of benzene rings is 1. The first-order valence-electron chi connectivity index (χ1n) is 7.05. The fraction of sp³-hybridized carbons (Fsp3) is 0.250. The highest BCUT2D eigenvalue weighted by Crippen LogP contribution is 2.26. The zero-order valence-corrected chi connectivity index (χ0v) is 14.5. The van der Waals surface area contributed by atoms with E-state index in [2.05, 4.69) is 11.4 Å². The van der Waals surface area contributed by atoms with Gasteiger partial charge in [0.05, 0.1) is 18.0 Å². The summed E-state index contributed by atoms with van der Waals surface area (Å²) in [5, 5.41) is 4.92. The highest BCUT2D eigenvalue weighted by atomic mass is 32.2. The lowest BCUT2D eigenvalue weighted by atomic mass is 10.3. The van der Waals surface area contributed by atoms with Crippen LogP contribution in [0.25, 0.3) is 0 Å². The van der Waals surface area contributed by atoms with Crippen molar-refractivity contribution in [2.75, 3.05) is 24.7 Å². The lowest BCUT2D eigenvalue weighted by molar-refractivity contribution is -0.117. The number of thiophene rings is 1. The SMILES string of the molecule is CN(CC(=O)Nc1ccccc1SCC(N)=O)Cc1cccs1. The first-order valence-corrected chi connectivity index (χ1v) is 8.92. The maximum atomic E-state index is 12.2. The maximum absolute atomic E-state index is 12.2. The van der Waals surface area contributed by atoms with E-state index in [4.69, 9.17) is 5.73 Å². The fourth-order valence-electron chi connectivity index (χ4n) is 2.00. The first kappa shape index (κ1) is 17.5. The normalized spacial score (nSPS) is 10.7. The van der Waals surface area contributed by atoms with Gasteiger partial charge in [-0.15, -0.1) is 23.1 Å². The molecule has 0 aliphatic rings. The predicted octanol–water partition coefficient (Wildman–Crippen LogP) is 2.40. The molecule has 23 heavy (non-hydrogen) atoms. The Kier molecular flexibility index (Phi) is 6.64. The molecule has 1 aromatic carbocycles. The lowest BCUT2D eigenvalue weighted by Gasteiger charge is -2.16. The van der Waals surface area contributed by atoms with Crippen LogP contribution in [0, 0.1) is 0 Å². The van der Waals surface area contributed by atoms with E-state index in [1.807, 2.05) is 47.7 Å². The first-order chi connectivity index (χ1) is 11.0. The van der Waals surface area contributed by atoms with E-state index in [0.717, 1.165) is 11.4 Å². The van der Waals surface area contributed by atoms with Gasteiger partial charge in [0, 0.05) is 16.3 Å². The number of nitrogens with zero attached hydrogens (tertiary/aromatic N) is 1. The Morgan fingerprint density at radius 2 is 2.04 bits per heavy atom. The largest absolute Gasteiger partial charge is 0.369 e. The standard InChI is InChI=1S/C16H19N3O2S2/c1-19(9-12-5-4-8-22-12)10-16(21)18-13-6-2-3-7-14(13)23-11-15(17)20/h2-8H,9-11H2,1H3,(H2,17,20)(H,18,21). The highest BCUT2D eigenvalue weighted by Gasteiger charge is 2.11. The molecule has 0 saturated heterocycles. The fourth-order valence-corrected chi connectivity index (χ4v) is 3.54. The summed E-state index contributed by atoms with van der Waals surface area (Å²) in [7, 11) is 1.91. The van der Waals surface area contributed by atoms with Crippen molar-refractivity contribution >= 4 is 40.6 Å². The molecule has 0 aliphatic heterocycles. The van der Waals surface area contributed by atoms with Gasteiger partial charge in [-0.1, -0.05) is 18.2 Å². The maximum Gasteiger partial charge on any atom is 0.238 e. The lowest BCUT2D eigenvalue weighted by Crippen LogP contribution is -2.29. The van der Waals surface area contributed by atoms with Crippen LogP contribution < -0.4 is 11.1 Å². The summed E-state index contributed by atoms with van der Waals surface area (Å²) in [5.41, 5.74) is 5.87. The van der Waals surface area contributed by atoms with Crippen molar-refractivity contribution in [2.45, 2.75) is 11.4 Å². The molecule has 5 nitrogen and oxygen atoms in total. The number of rotatable bonds is 8. The van der Waals surface area contributed by atoms with Crippen molar-refractivity contribution in [3.05, 3.63) is 46.7 Å². The van der Waals surface area contributed by atoms with Gasteiger partial charge >= 0.3 is 0 Å². The van der Waals surface area contributed by atoms with Crippen LogP contribution >= 0.6 is 23.1 Å². The molecular weight excluding hydrogens is 330 g/mol. The Labute approximate surface area is 143 Å². The monoisotopic (exact) mass is 349 g/mol. The van der Waals surface area contributed by atoms with Gasteiger partial charge in [0.2, 0.25) is 11.8 Å². The third kappa shape index (κ3) is 6.05. The van der Waals surface area contributed by atoms with E-state index < -0.39 is 0 Å². The molecule has 0 unspecified atom stereocenters. The van der Waals surface area contributed by atoms with Crippen molar-refractivity contribution < 1.29 is 9.59 Å². The second-order valence-corrected chi connectivity index (χ2v) is 7.10. The quantitative estimate of drug-likeness (QED) is 0.718. The molecule has 0 radical (unpaired) electrons. The van der Waals surface area contributed by atoms with Gasteiger partial charge in [-0.3, -0.25) is 14.5 Å². The number of amides is 2. The van der Waals surface area contributed by atoms with Crippen LogP contribution in [0.15, 0.2) is 46.7 Å². The zero-order chi connectivity index (χ0) is 16.7. The van der Waals surface area contributed by atoms with E-state index in [0.29, 0.717) is 12.2 Å². The van der Waals surface area contributed by atoms with Gasteiger partial charge in [-0.25, -0.2) is 0 Å². The van der Waals surface area contributed by atoms with Gasteiger partial charge < -0.3 is 11.1 Å². The molecule has 2 amide bonds. The molecule has 0 aliphatic carbocycles. The number of carbonyl (C=O) groups excluding carboxylic acids is 2. The van der Waals surface area contributed by atoms with Crippen molar-refractivity contribution in [3.63, 3.8) is 0 Å². The predicted molar refractivity (Wildman–Crippen MR) is 95.6 cm³/mol. The number of likely N-dealkylation sites (N-methyl/N-ethyl adjacent to an activating group) is 1. The van der Waals surface area contributed by atoms with Crippen molar-refractivity contribution in [1.82, 2.24) is 4.90 Å². The van der Waals surface area contributed by atoms with Crippen LogP contribution in [-0.2, 0) is 16.1 Å². The summed E-state index contributed by atoms with van der Waals surface area (Å²) >= 11 is 2.99. The Balaban J connectivity index is 1.90. The van der Waals surface area contributed by atoms with Gasteiger partial charge in [-0.2, -0.15) is 0 Å². The minimum atomic E-state index is -0.383. The Morgan fingerprint density at radius 3 is 2.74 bits per heavy atom. The molecule has 3 N–H and O–H groups in total.